The third-order valence-corrected chi connectivity index (χ3v) is 4.11. The summed E-state index contributed by atoms with van der Waals surface area (Å²) in [6.07, 6.45) is 1.98. The molecule has 1 aromatic carbocycles. The molecule has 19 heavy (non-hydrogen) atoms. The van der Waals surface area contributed by atoms with Crippen molar-refractivity contribution in [3.63, 3.8) is 0 Å². The van der Waals surface area contributed by atoms with Crippen molar-refractivity contribution >= 4 is 45.9 Å². The molecule has 1 fully saturated rings. The van der Waals surface area contributed by atoms with Gasteiger partial charge in [0.15, 0.2) is 0 Å². The molecular formula is C14H10N2OS2. The fourth-order valence-corrected chi connectivity index (χ4v) is 3.11. The molecule has 0 unspecified atom stereocenters. The average Bonchev–Trinajstić information content (AvgIpc) is 3.02. The first kappa shape index (κ1) is 12.2. The minimum Gasteiger partial charge on any atom is -0.300 e. The van der Waals surface area contributed by atoms with E-state index < -0.39 is 0 Å². The maximum Gasteiger partial charge on any atom is 0.289 e. The maximum absolute atomic E-state index is 11.5. The standard InChI is InChI=1S/C14H10N2OS2/c17-14-16-13(15-10-5-2-1-3-6-10)12(19-14)9-11-7-4-8-18-11/h1-9H,(H,15,16,17). The molecule has 0 bridgehead atoms. The van der Waals surface area contributed by atoms with Gasteiger partial charge in [0.1, 0.15) is 5.84 Å². The molecule has 0 atom stereocenters. The van der Waals surface area contributed by atoms with Gasteiger partial charge in [-0.3, -0.25) is 4.79 Å². The Hall–Kier alpha value is -1.85. The van der Waals surface area contributed by atoms with E-state index in [1.54, 1.807) is 11.3 Å². The van der Waals surface area contributed by atoms with E-state index in [2.05, 4.69) is 10.3 Å². The Labute approximate surface area is 119 Å². The van der Waals surface area contributed by atoms with Crippen LogP contribution in [0.25, 0.3) is 6.08 Å². The summed E-state index contributed by atoms with van der Waals surface area (Å²) in [5, 5.41) is 4.70. The van der Waals surface area contributed by atoms with Crippen molar-refractivity contribution < 1.29 is 4.79 Å². The summed E-state index contributed by atoms with van der Waals surface area (Å²) in [4.78, 5) is 18.0. The molecule has 1 aliphatic heterocycles. The maximum atomic E-state index is 11.5. The second-order valence-electron chi connectivity index (χ2n) is 3.83. The van der Waals surface area contributed by atoms with E-state index in [0.717, 1.165) is 15.5 Å². The van der Waals surface area contributed by atoms with Crippen LogP contribution in [0, 0.1) is 0 Å². The van der Waals surface area contributed by atoms with Crippen LogP contribution in [0.15, 0.2) is 57.7 Å². The Morgan fingerprint density at radius 2 is 1.95 bits per heavy atom. The van der Waals surface area contributed by atoms with Gasteiger partial charge in [-0.1, -0.05) is 24.3 Å². The molecule has 0 radical (unpaired) electrons. The predicted molar refractivity (Wildman–Crippen MR) is 82.0 cm³/mol. The van der Waals surface area contributed by atoms with Crippen molar-refractivity contribution in [3.05, 3.63) is 57.6 Å². The van der Waals surface area contributed by atoms with Crippen molar-refractivity contribution in [1.82, 2.24) is 5.32 Å². The molecule has 94 valence electrons. The summed E-state index contributed by atoms with van der Waals surface area (Å²) in [5.74, 6) is 0.620. The minimum absolute atomic E-state index is 0.0857. The first-order valence-electron chi connectivity index (χ1n) is 5.69. The predicted octanol–water partition coefficient (Wildman–Crippen LogP) is 4.28. The molecule has 1 aromatic heterocycles. The van der Waals surface area contributed by atoms with Crippen molar-refractivity contribution in [1.29, 1.82) is 0 Å². The van der Waals surface area contributed by atoms with Gasteiger partial charge in [0, 0.05) is 4.88 Å². The number of amides is 1. The van der Waals surface area contributed by atoms with Crippen LogP contribution in [0.4, 0.5) is 10.5 Å². The monoisotopic (exact) mass is 286 g/mol. The number of thioether (sulfide) groups is 1. The number of carbonyl (C=O) groups is 1. The lowest BCUT2D eigenvalue weighted by Crippen LogP contribution is -2.18. The van der Waals surface area contributed by atoms with Crippen molar-refractivity contribution in [3.8, 4) is 0 Å². The summed E-state index contributed by atoms with van der Waals surface area (Å²) in [7, 11) is 0. The normalized spacial score (nSPS) is 19.1. The van der Waals surface area contributed by atoms with Gasteiger partial charge >= 0.3 is 0 Å². The minimum atomic E-state index is -0.0857. The third kappa shape index (κ3) is 2.94. The number of thiophene rings is 1. The molecule has 5 heteroatoms. The number of aliphatic imine (C=N–C) groups is 1. The highest BCUT2D eigenvalue weighted by Crippen LogP contribution is 2.29. The number of benzene rings is 1. The van der Waals surface area contributed by atoms with Crippen molar-refractivity contribution in [2.24, 2.45) is 4.99 Å². The van der Waals surface area contributed by atoms with Crippen molar-refractivity contribution in [2.45, 2.75) is 0 Å². The summed E-state index contributed by atoms with van der Waals surface area (Å²) >= 11 is 2.81. The highest BCUT2D eigenvalue weighted by molar-refractivity contribution is 8.18. The van der Waals surface area contributed by atoms with Crippen LogP contribution >= 0.6 is 23.1 Å². The number of carbonyl (C=O) groups excluding carboxylic acids is 1. The molecule has 1 N–H and O–H groups in total. The largest absolute Gasteiger partial charge is 0.300 e. The number of hydrogen-bond acceptors (Lipinski definition) is 4. The molecule has 1 saturated heterocycles. The van der Waals surface area contributed by atoms with Crippen LogP contribution in [-0.2, 0) is 0 Å². The Morgan fingerprint density at radius 3 is 2.68 bits per heavy atom. The van der Waals surface area contributed by atoms with E-state index in [0.29, 0.717) is 5.84 Å². The molecule has 0 aliphatic carbocycles. The number of nitrogens with zero attached hydrogens (tertiary/aromatic N) is 1. The van der Waals surface area contributed by atoms with Crippen LogP contribution < -0.4 is 5.32 Å². The number of hydrogen-bond donors (Lipinski definition) is 1. The molecule has 2 heterocycles. The summed E-state index contributed by atoms with van der Waals surface area (Å²) < 4.78 is 0. The van der Waals surface area contributed by atoms with Gasteiger partial charge in [-0.25, -0.2) is 4.99 Å². The fourth-order valence-electron chi connectivity index (χ4n) is 1.65. The van der Waals surface area contributed by atoms with E-state index in [1.165, 1.54) is 11.8 Å². The van der Waals surface area contributed by atoms with Gasteiger partial charge in [-0.15, -0.1) is 11.3 Å². The number of amidine groups is 1. The third-order valence-electron chi connectivity index (χ3n) is 2.47. The molecular weight excluding hydrogens is 276 g/mol. The molecule has 1 amide bonds. The number of rotatable bonds is 2. The van der Waals surface area contributed by atoms with Crippen LogP contribution in [0.5, 0.6) is 0 Å². The van der Waals surface area contributed by atoms with E-state index in [4.69, 9.17) is 0 Å². The Kier molecular flexibility index (Phi) is 3.48. The summed E-state index contributed by atoms with van der Waals surface area (Å²) in [5.41, 5.74) is 0.831. The van der Waals surface area contributed by atoms with Crippen molar-refractivity contribution in [2.75, 3.05) is 0 Å². The Balaban J connectivity index is 1.95. The van der Waals surface area contributed by atoms with Crippen LogP contribution in [0.2, 0.25) is 0 Å². The van der Waals surface area contributed by atoms with E-state index in [-0.39, 0.29) is 5.24 Å². The van der Waals surface area contributed by atoms with Crippen LogP contribution in [0.1, 0.15) is 4.88 Å². The smallest absolute Gasteiger partial charge is 0.289 e. The highest BCUT2D eigenvalue weighted by Gasteiger charge is 2.23. The van der Waals surface area contributed by atoms with E-state index in [9.17, 15) is 4.79 Å². The second-order valence-corrected chi connectivity index (χ2v) is 5.83. The molecule has 1 aliphatic rings. The first-order chi connectivity index (χ1) is 9.31. The molecule has 2 aromatic rings. The molecule has 3 nitrogen and oxygen atoms in total. The quantitative estimate of drug-likeness (QED) is 0.895. The summed E-state index contributed by atoms with van der Waals surface area (Å²) in [6, 6.07) is 13.6. The zero-order chi connectivity index (χ0) is 13.1. The van der Waals surface area contributed by atoms with Gasteiger partial charge in [0.25, 0.3) is 5.24 Å². The number of nitrogens with one attached hydrogen (secondary N) is 1. The topological polar surface area (TPSA) is 41.5 Å². The van der Waals surface area contributed by atoms with Gasteiger partial charge in [-0.2, -0.15) is 0 Å². The lowest BCUT2D eigenvalue weighted by Gasteiger charge is -1.98. The SMILES string of the molecule is O=C1NC(=Nc2ccccc2)C(=Cc2cccs2)S1. The number of para-hydroxylation sites is 1. The zero-order valence-corrected chi connectivity index (χ0v) is 11.5. The second kappa shape index (κ2) is 5.42. The van der Waals surface area contributed by atoms with Gasteiger partial charge < -0.3 is 5.32 Å². The fraction of sp³-hybridized carbons (Fsp3) is 0. The average molecular weight is 286 g/mol. The molecule has 3 rings (SSSR count). The van der Waals surface area contributed by atoms with Crippen LogP contribution in [-0.4, -0.2) is 11.1 Å². The Morgan fingerprint density at radius 1 is 1.11 bits per heavy atom. The molecule has 0 spiro atoms. The van der Waals surface area contributed by atoms with E-state index in [1.807, 2.05) is 53.9 Å². The van der Waals surface area contributed by atoms with Gasteiger partial charge in [0.05, 0.1) is 10.6 Å². The lowest BCUT2D eigenvalue weighted by molar-refractivity contribution is 0.265. The Bertz CT molecular complexity index is 645. The summed E-state index contributed by atoms with van der Waals surface area (Å²) in [6.45, 7) is 0. The lowest BCUT2D eigenvalue weighted by atomic mass is 10.3. The molecule has 0 saturated carbocycles. The van der Waals surface area contributed by atoms with Crippen LogP contribution in [0.3, 0.4) is 0 Å². The van der Waals surface area contributed by atoms with Gasteiger partial charge in [-0.05, 0) is 41.4 Å². The van der Waals surface area contributed by atoms with E-state index >= 15 is 0 Å². The first-order valence-corrected chi connectivity index (χ1v) is 7.39. The zero-order valence-electron chi connectivity index (χ0n) is 9.87. The highest BCUT2D eigenvalue weighted by atomic mass is 32.2. The van der Waals surface area contributed by atoms with Gasteiger partial charge in [0.2, 0.25) is 0 Å².